The van der Waals surface area contributed by atoms with Gasteiger partial charge in [-0.25, -0.2) is 25.9 Å². The van der Waals surface area contributed by atoms with E-state index in [1.807, 2.05) is 10.3 Å². The van der Waals surface area contributed by atoms with Crippen LogP contribution in [-0.4, -0.2) is 119 Å². The van der Waals surface area contributed by atoms with Crippen molar-refractivity contribution in [2.75, 3.05) is 13.2 Å². The molecule has 1 aromatic rings. The van der Waals surface area contributed by atoms with Gasteiger partial charge in [0.1, 0.15) is 42.7 Å². The first kappa shape index (κ1) is 39.4. The highest BCUT2D eigenvalue weighted by molar-refractivity contribution is 7.81. The maximum atomic E-state index is 12.5. The molecule has 0 spiro atoms. The molecular weight excluding hydrogens is 740 g/mol. The number of H-pyrrole nitrogens is 1. The van der Waals surface area contributed by atoms with Crippen LogP contribution in [0.1, 0.15) is 13.2 Å². The standard InChI is InChI=1S/C17H27N3O23P2S2/c1-6(21)18-10-12(24)14(42-47(34,35)36)8(5-38-46(31,32)33)40-16(10)41-45(29,30)43-44(27,28)37-4-7-11(23)13(25)15(39-7)20-3-2-9(22)19-17(20)26/h2-3,7-8,10-16,23-25H,4-5H2,1H3,(H,18,21)(H,27,28)(H,29,30)(H,19,22,26)(H,31,32,33)(H,34,35,36)/p-4/t7-,8-,10-,11-,12-,13-,14+,15-,16-/m1/s1. The lowest BCUT2D eigenvalue weighted by atomic mass is 9.97. The molecule has 26 nitrogen and oxygen atoms in total. The van der Waals surface area contributed by atoms with Gasteiger partial charge in [0.25, 0.3) is 21.2 Å². The Kier molecular flexibility index (Phi) is 12.4. The van der Waals surface area contributed by atoms with E-state index in [-0.39, 0.29) is 0 Å². The number of carbonyl (C=O) groups excluding carboxylic acids is 1. The van der Waals surface area contributed by atoms with Gasteiger partial charge in [-0.05, 0) is 0 Å². The third-order valence-electron chi connectivity index (χ3n) is 5.94. The Hall–Kier alpha value is -2.05. The van der Waals surface area contributed by atoms with Gasteiger partial charge in [0.05, 0.1) is 13.2 Å². The first-order chi connectivity index (χ1) is 21.4. The SMILES string of the molecule is CC(=O)N[C@H]1[C@@H](OP(=O)([O-])OP(=O)([O-])OC[C@H]2O[C@@H](n3ccc(=O)[nH]c3=O)[C@H](O)[C@@H]2O)O[C@H](COS(=O)(=O)[O-])[C@H](OS(=O)(=O)[O-])[C@@H]1O. The van der Waals surface area contributed by atoms with Crippen molar-refractivity contribution in [2.45, 2.75) is 62.1 Å². The molecule has 30 heteroatoms. The number of aliphatic hydroxyl groups excluding tert-OH is 3. The summed E-state index contributed by atoms with van der Waals surface area (Å²) in [5.74, 6) is -1.11. The number of phosphoric ester groups is 2. The number of amides is 1. The highest BCUT2D eigenvalue weighted by Gasteiger charge is 2.50. The lowest BCUT2D eigenvalue weighted by Gasteiger charge is -2.45. The molecule has 1 aromatic heterocycles. The summed E-state index contributed by atoms with van der Waals surface area (Å²) in [5, 5.41) is 32.8. The molecule has 0 bridgehead atoms. The van der Waals surface area contributed by atoms with E-state index in [0.29, 0.717) is 4.57 Å². The molecule has 11 atom stereocenters. The number of rotatable bonds is 14. The van der Waals surface area contributed by atoms with Crippen molar-refractivity contribution in [3.63, 3.8) is 0 Å². The average Bonchev–Trinajstić information content (AvgIpc) is 3.17. The third kappa shape index (κ3) is 11.2. The zero-order valence-electron chi connectivity index (χ0n) is 22.9. The highest BCUT2D eigenvalue weighted by atomic mass is 32.3. The summed E-state index contributed by atoms with van der Waals surface area (Å²) in [6.07, 6.45) is -16.5. The molecule has 3 heterocycles. The predicted octanol–water partition coefficient (Wildman–Crippen LogP) is -6.94. The van der Waals surface area contributed by atoms with E-state index in [1.54, 1.807) is 0 Å². The monoisotopic (exact) mass is 763 g/mol. The Balaban J connectivity index is 1.75. The molecule has 1 amide bonds. The second-order valence-corrected chi connectivity index (χ2v) is 14.3. The molecule has 2 fully saturated rings. The van der Waals surface area contributed by atoms with Crippen LogP contribution in [0.15, 0.2) is 21.9 Å². The Morgan fingerprint density at radius 1 is 1.00 bits per heavy atom. The smallest absolute Gasteiger partial charge is 0.330 e. The van der Waals surface area contributed by atoms with E-state index >= 15 is 0 Å². The van der Waals surface area contributed by atoms with Crippen LogP contribution >= 0.6 is 15.6 Å². The molecule has 5 N–H and O–H groups in total. The van der Waals surface area contributed by atoms with Crippen molar-refractivity contribution in [3.8, 4) is 0 Å². The molecule has 2 saturated heterocycles. The van der Waals surface area contributed by atoms with Gasteiger partial charge in [-0.1, -0.05) is 0 Å². The number of aromatic amines is 1. The largest absolute Gasteiger partial charge is 0.756 e. The van der Waals surface area contributed by atoms with Crippen LogP contribution in [0.4, 0.5) is 0 Å². The van der Waals surface area contributed by atoms with Crippen molar-refractivity contribution in [1.82, 2.24) is 14.9 Å². The van der Waals surface area contributed by atoms with Gasteiger partial charge < -0.3 is 53.5 Å². The lowest BCUT2D eigenvalue weighted by molar-refractivity contribution is -0.282. The number of nitrogens with zero attached hydrogens (tertiary/aromatic N) is 1. The van der Waals surface area contributed by atoms with Crippen LogP contribution < -0.4 is 26.4 Å². The lowest BCUT2D eigenvalue weighted by Crippen LogP contribution is -2.65. The van der Waals surface area contributed by atoms with Crippen molar-refractivity contribution >= 4 is 42.4 Å². The van der Waals surface area contributed by atoms with Crippen LogP contribution in [0, 0.1) is 0 Å². The molecule has 2 aliphatic heterocycles. The summed E-state index contributed by atoms with van der Waals surface area (Å²) < 4.78 is 122. The summed E-state index contributed by atoms with van der Waals surface area (Å²) >= 11 is 0. The maximum Gasteiger partial charge on any atom is 0.330 e. The minimum Gasteiger partial charge on any atom is -0.756 e. The van der Waals surface area contributed by atoms with Crippen LogP contribution in [0.5, 0.6) is 0 Å². The first-order valence-corrected chi connectivity index (χ1v) is 17.8. The molecule has 2 aliphatic rings. The fraction of sp³-hybridized carbons (Fsp3) is 0.706. The van der Waals surface area contributed by atoms with E-state index in [4.69, 9.17) is 9.47 Å². The van der Waals surface area contributed by atoms with Crippen molar-refractivity contribution in [3.05, 3.63) is 33.1 Å². The van der Waals surface area contributed by atoms with E-state index < -0.39 is 122 Å². The Morgan fingerprint density at radius 2 is 1.64 bits per heavy atom. The summed E-state index contributed by atoms with van der Waals surface area (Å²) in [7, 11) is -23.7. The van der Waals surface area contributed by atoms with E-state index in [0.717, 1.165) is 19.2 Å². The maximum absolute atomic E-state index is 12.5. The molecule has 3 rings (SSSR count). The van der Waals surface area contributed by atoms with Crippen LogP contribution in [0.3, 0.4) is 0 Å². The Morgan fingerprint density at radius 3 is 2.19 bits per heavy atom. The van der Waals surface area contributed by atoms with E-state index in [1.165, 1.54) is 0 Å². The number of carbonyl (C=O) groups is 1. The molecule has 0 saturated carbocycles. The van der Waals surface area contributed by atoms with Crippen molar-refractivity contribution in [1.29, 1.82) is 0 Å². The van der Waals surface area contributed by atoms with Gasteiger partial charge in [-0.3, -0.25) is 41.2 Å². The van der Waals surface area contributed by atoms with Gasteiger partial charge in [0.15, 0.2) is 12.5 Å². The number of hydrogen-bond acceptors (Lipinski definition) is 23. The zero-order valence-corrected chi connectivity index (χ0v) is 26.4. The minimum atomic E-state index is -6.30. The summed E-state index contributed by atoms with van der Waals surface area (Å²) in [4.78, 5) is 61.6. The van der Waals surface area contributed by atoms with Gasteiger partial charge in [0, 0.05) is 19.2 Å². The number of aromatic nitrogens is 2. The van der Waals surface area contributed by atoms with Gasteiger partial charge in [-0.2, -0.15) is 0 Å². The first-order valence-electron chi connectivity index (χ1n) is 12.2. The number of ether oxygens (including phenoxy) is 2. The van der Waals surface area contributed by atoms with Crippen molar-refractivity contribution < 1.29 is 96.2 Å². The highest BCUT2D eigenvalue weighted by Crippen LogP contribution is 2.57. The molecular formula is C17H23N3O23P2S2-4. The van der Waals surface area contributed by atoms with Crippen molar-refractivity contribution in [2.24, 2.45) is 0 Å². The number of nitrogens with one attached hydrogen (secondary N) is 2. The molecule has 2 unspecified atom stereocenters. The van der Waals surface area contributed by atoms with Crippen LogP contribution in [0.2, 0.25) is 0 Å². The topological polar surface area (TPSA) is 404 Å². The molecule has 47 heavy (non-hydrogen) atoms. The quantitative estimate of drug-likeness (QED) is 0.0667. The van der Waals surface area contributed by atoms with Crippen LogP contribution in [-0.2, 0) is 65.9 Å². The summed E-state index contributed by atoms with van der Waals surface area (Å²) in [5.41, 5.74) is -1.92. The normalized spacial score (nSPS) is 32.7. The zero-order chi connectivity index (χ0) is 35.7. The summed E-state index contributed by atoms with van der Waals surface area (Å²) in [6.45, 7) is -2.05. The molecule has 0 aromatic carbocycles. The number of hydrogen-bond donors (Lipinski definition) is 5. The Labute approximate surface area is 261 Å². The molecule has 0 radical (unpaired) electrons. The number of aliphatic hydroxyl groups is 3. The minimum absolute atomic E-state index is 0.624. The van der Waals surface area contributed by atoms with Gasteiger partial charge >= 0.3 is 5.69 Å². The average molecular weight is 763 g/mol. The third-order valence-corrected chi connectivity index (χ3v) is 9.36. The number of phosphoric acid groups is 2. The van der Waals surface area contributed by atoms with Crippen LogP contribution in [0.25, 0.3) is 0 Å². The van der Waals surface area contributed by atoms with E-state index in [9.17, 15) is 74.6 Å². The van der Waals surface area contributed by atoms with E-state index in [2.05, 4.69) is 21.7 Å². The summed E-state index contributed by atoms with van der Waals surface area (Å²) in [6, 6.07) is -1.39. The predicted molar refractivity (Wildman–Crippen MR) is 133 cm³/mol. The van der Waals surface area contributed by atoms with Gasteiger partial charge in [-0.15, -0.1) is 0 Å². The second kappa shape index (κ2) is 14.8. The van der Waals surface area contributed by atoms with Gasteiger partial charge in [0.2, 0.25) is 26.7 Å². The molecule has 0 aliphatic carbocycles. The fourth-order valence-electron chi connectivity index (χ4n) is 4.12. The fourth-order valence-corrected chi connectivity index (χ4v) is 7.02. The Bertz CT molecular complexity index is 1730. The molecule has 270 valence electrons. The second-order valence-electron chi connectivity index (χ2n) is 9.36.